The first kappa shape index (κ1) is 28.7. The van der Waals surface area contributed by atoms with Gasteiger partial charge in [-0.1, -0.05) is 0 Å². The summed E-state index contributed by atoms with van der Waals surface area (Å²) in [5.41, 5.74) is 2.63. The fourth-order valence-corrected chi connectivity index (χ4v) is 5.91. The van der Waals surface area contributed by atoms with Crippen LogP contribution < -0.4 is 20.4 Å². The molecule has 1 saturated heterocycles. The first-order valence-corrected chi connectivity index (χ1v) is 14.5. The van der Waals surface area contributed by atoms with Crippen LogP contribution in [0.15, 0.2) is 59.8 Å². The van der Waals surface area contributed by atoms with Crippen molar-refractivity contribution in [1.82, 2.24) is 19.4 Å². The van der Waals surface area contributed by atoms with Crippen LogP contribution in [0, 0.1) is 11.6 Å². The van der Waals surface area contributed by atoms with Gasteiger partial charge >= 0.3 is 0 Å². The van der Waals surface area contributed by atoms with Crippen molar-refractivity contribution in [2.24, 2.45) is 0 Å². The molecule has 4 aromatic rings. The molecule has 1 amide bonds. The fourth-order valence-electron chi connectivity index (χ4n) is 5.91. The normalized spacial score (nSPS) is 17.0. The number of carbonyl (C=O) groups excluding carboxylic acids is 1. The number of rotatable bonds is 9. The van der Waals surface area contributed by atoms with Crippen molar-refractivity contribution in [3.63, 3.8) is 0 Å². The van der Waals surface area contributed by atoms with E-state index in [4.69, 9.17) is 4.74 Å². The van der Waals surface area contributed by atoms with Gasteiger partial charge in [-0.25, -0.2) is 18.7 Å². The van der Waals surface area contributed by atoms with Crippen molar-refractivity contribution in [2.45, 2.75) is 57.8 Å². The summed E-state index contributed by atoms with van der Waals surface area (Å²) in [4.78, 5) is 38.3. The molecular weight excluding hydrogens is 554 g/mol. The Morgan fingerprint density at radius 2 is 1.91 bits per heavy atom. The molecule has 224 valence electrons. The second-order valence-corrected chi connectivity index (χ2v) is 11.3. The Hall–Kier alpha value is -4.38. The van der Waals surface area contributed by atoms with Gasteiger partial charge in [0.25, 0.3) is 0 Å². The Morgan fingerprint density at radius 3 is 2.63 bits per heavy atom. The number of carbonyl (C=O) groups is 1. The number of piperidine rings is 1. The van der Waals surface area contributed by atoms with Gasteiger partial charge in [0.15, 0.2) is 17.1 Å². The molecule has 0 bridgehead atoms. The Bertz CT molecular complexity index is 1710. The highest BCUT2D eigenvalue weighted by Crippen LogP contribution is 2.37. The first-order chi connectivity index (χ1) is 20.8. The van der Waals surface area contributed by atoms with E-state index in [1.54, 1.807) is 25.6 Å². The number of methoxy groups -OCH3 is 1. The lowest BCUT2D eigenvalue weighted by Crippen LogP contribution is -2.48. The topological polar surface area (TPSA) is 92.6 Å². The Labute approximate surface area is 248 Å². The zero-order chi connectivity index (χ0) is 30.1. The minimum atomic E-state index is -1.02. The van der Waals surface area contributed by atoms with E-state index >= 15 is 0 Å². The molecule has 0 spiro atoms. The molecule has 1 aromatic carbocycles. The third kappa shape index (κ3) is 6.36. The van der Waals surface area contributed by atoms with Gasteiger partial charge in [0, 0.05) is 80.7 Å². The molecular formula is C32H34F2N6O3. The van der Waals surface area contributed by atoms with Crippen molar-refractivity contribution in [2.75, 3.05) is 30.4 Å². The minimum Gasteiger partial charge on any atom is -0.481 e. The van der Waals surface area contributed by atoms with E-state index in [9.17, 15) is 18.4 Å². The number of pyridine rings is 3. The van der Waals surface area contributed by atoms with Crippen molar-refractivity contribution >= 4 is 28.3 Å². The van der Waals surface area contributed by atoms with Crippen LogP contribution >= 0.6 is 0 Å². The summed E-state index contributed by atoms with van der Waals surface area (Å²) in [5, 5.41) is 2.90. The summed E-state index contributed by atoms with van der Waals surface area (Å²) in [5.74, 6) is -1.15. The smallest absolute Gasteiger partial charge is 0.222 e. The van der Waals surface area contributed by atoms with Crippen LogP contribution in [0.1, 0.15) is 49.8 Å². The fraction of sp³-hybridized carbons (Fsp3) is 0.375. The van der Waals surface area contributed by atoms with Crippen LogP contribution in [0.2, 0.25) is 0 Å². The first-order valence-electron chi connectivity index (χ1n) is 14.5. The van der Waals surface area contributed by atoms with Gasteiger partial charge in [0.05, 0.1) is 24.5 Å². The second kappa shape index (κ2) is 12.1. The molecule has 1 aliphatic carbocycles. The van der Waals surface area contributed by atoms with Crippen LogP contribution in [0.4, 0.5) is 20.3 Å². The quantitative estimate of drug-likeness (QED) is 0.293. The molecule has 2 aliphatic rings. The molecule has 1 saturated carbocycles. The second-order valence-electron chi connectivity index (χ2n) is 11.3. The average molecular weight is 589 g/mol. The number of ether oxygens (including phenoxy) is 1. The van der Waals surface area contributed by atoms with Crippen LogP contribution in [0.3, 0.4) is 0 Å². The number of hydrogen-bond acceptors (Lipinski definition) is 7. The van der Waals surface area contributed by atoms with E-state index < -0.39 is 11.6 Å². The molecule has 3 aromatic heterocycles. The SMILES string of the molecule is COc1cc(CN(Cc2cn(C3CC3)c3cc(F)c(F)cc3c2=O)[C@H]2CCCN(c3ccc(NC(C)=O)nc3)C2)ccn1. The van der Waals surface area contributed by atoms with E-state index in [-0.39, 0.29) is 28.8 Å². The highest BCUT2D eigenvalue weighted by molar-refractivity contribution is 5.87. The molecule has 1 aliphatic heterocycles. The van der Waals surface area contributed by atoms with Gasteiger partial charge < -0.3 is 19.5 Å². The number of halogens is 2. The maximum Gasteiger partial charge on any atom is 0.222 e. The highest BCUT2D eigenvalue weighted by Gasteiger charge is 2.30. The van der Waals surface area contributed by atoms with E-state index in [0.29, 0.717) is 42.4 Å². The summed E-state index contributed by atoms with van der Waals surface area (Å²) in [6, 6.07) is 9.98. The van der Waals surface area contributed by atoms with E-state index in [2.05, 4.69) is 25.1 Å². The molecule has 2 fully saturated rings. The van der Waals surface area contributed by atoms with E-state index in [1.165, 1.54) is 6.92 Å². The van der Waals surface area contributed by atoms with Crippen LogP contribution in [-0.4, -0.2) is 51.6 Å². The molecule has 11 heteroatoms. The number of anilines is 2. The van der Waals surface area contributed by atoms with Gasteiger partial charge in [-0.05, 0) is 55.5 Å². The number of nitrogens with one attached hydrogen (secondary N) is 1. The summed E-state index contributed by atoms with van der Waals surface area (Å²) >= 11 is 0. The van der Waals surface area contributed by atoms with Gasteiger partial charge in [-0.2, -0.15) is 0 Å². The number of nitrogens with zero attached hydrogens (tertiary/aromatic N) is 5. The van der Waals surface area contributed by atoms with Gasteiger partial charge in [-0.15, -0.1) is 0 Å². The number of aromatic nitrogens is 3. The zero-order valence-electron chi connectivity index (χ0n) is 24.2. The van der Waals surface area contributed by atoms with Crippen molar-refractivity contribution in [3.8, 4) is 5.88 Å². The number of amides is 1. The molecule has 4 heterocycles. The summed E-state index contributed by atoms with van der Waals surface area (Å²) in [7, 11) is 1.57. The van der Waals surface area contributed by atoms with Crippen molar-refractivity contribution in [3.05, 3.63) is 88.0 Å². The molecule has 0 unspecified atom stereocenters. The Morgan fingerprint density at radius 1 is 1.09 bits per heavy atom. The number of hydrogen-bond donors (Lipinski definition) is 1. The molecule has 9 nitrogen and oxygen atoms in total. The molecule has 6 rings (SSSR count). The minimum absolute atomic E-state index is 0.0809. The predicted molar refractivity (Wildman–Crippen MR) is 160 cm³/mol. The lowest BCUT2D eigenvalue weighted by molar-refractivity contribution is -0.114. The van der Waals surface area contributed by atoms with E-state index in [0.717, 1.165) is 55.6 Å². The third-order valence-corrected chi connectivity index (χ3v) is 8.19. The predicted octanol–water partition coefficient (Wildman–Crippen LogP) is 5.04. The van der Waals surface area contributed by atoms with Crippen LogP contribution in [-0.2, 0) is 17.9 Å². The molecule has 0 radical (unpaired) electrons. The van der Waals surface area contributed by atoms with Crippen LogP contribution in [0.5, 0.6) is 5.88 Å². The molecule has 43 heavy (non-hydrogen) atoms. The largest absolute Gasteiger partial charge is 0.481 e. The summed E-state index contributed by atoms with van der Waals surface area (Å²) in [6.07, 6.45) is 9.02. The Kier molecular flexibility index (Phi) is 8.07. The third-order valence-electron chi connectivity index (χ3n) is 8.19. The lowest BCUT2D eigenvalue weighted by Gasteiger charge is -2.40. The van der Waals surface area contributed by atoms with Gasteiger partial charge in [0.2, 0.25) is 11.8 Å². The highest BCUT2D eigenvalue weighted by atomic mass is 19.2. The maximum absolute atomic E-state index is 14.3. The van der Waals surface area contributed by atoms with Crippen molar-refractivity contribution < 1.29 is 18.3 Å². The number of benzene rings is 1. The Balaban J connectivity index is 1.34. The summed E-state index contributed by atoms with van der Waals surface area (Å²) in [6.45, 7) is 3.87. The summed E-state index contributed by atoms with van der Waals surface area (Å²) < 4.78 is 35.8. The van der Waals surface area contributed by atoms with Crippen molar-refractivity contribution in [1.29, 1.82) is 0 Å². The van der Waals surface area contributed by atoms with Crippen LogP contribution in [0.25, 0.3) is 10.9 Å². The lowest BCUT2D eigenvalue weighted by atomic mass is 10.0. The molecule has 1 atom stereocenters. The monoisotopic (exact) mass is 588 g/mol. The van der Waals surface area contributed by atoms with E-state index in [1.807, 2.05) is 29.0 Å². The molecule has 1 N–H and O–H groups in total. The standard InChI is InChI=1S/C32H34F2N6O3/c1-20(41)37-30-8-7-24(15-36-30)38-11-3-4-25(19-38)39(16-21-9-10-35-31(12-21)43-2)17-22-18-40(23-5-6-23)29-14-28(34)27(33)13-26(29)32(22)42/h7-10,12-15,18,23,25H,3-6,11,16-17,19H2,1-2H3,(H,36,37,41)/t25-/m0/s1. The zero-order valence-corrected chi connectivity index (χ0v) is 24.2. The number of fused-ring (bicyclic) bond motifs is 1. The van der Waals surface area contributed by atoms with Gasteiger partial charge in [-0.3, -0.25) is 14.5 Å². The maximum atomic E-state index is 14.3. The average Bonchev–Trinajstić information content (AvgIpc) is 3.85. The van der Waals surface area contributed by atoms with Gasteiger partial charge in [0.1, 0.15) is 5.82 Å².